The zero-order chi connectivity index (χ0) is 17.8. The Balaban J connectivity index is 1.93. The Morgan fingerprint density at radius 1 is 1.24 bits per heavy atom. The maximum absolute atomic E-state index is 12.8. The summed E-state index contributed by atoms with van der Waals surface area (Å²) in [5.74, 6) is 1.15. The third kappa shape index (κ3) is 3.68. The molecule has 2 aromatic carbocycles. The molecule has 0 saturated carbocycles. The molecule has 0 aliphatic heterocycles. The molecule has 0 aliphatic rings. The van der Waals surface area contributed by atoms with Gasteiger partial charge in [-0.3, -0.25) is 9.89 Å². The van der Waals surface area contributed by atoms with Crippen molar-refractivity contribution in [3.05, 3.63) is 59.4 Å². The van der Waals surface area contributed by atoms with Crippen molar-refractivity contribution < 1.29 is 14.6 Å². The molecule has 2 N–H and O–H groups in total. The molecule has 0 fully saturated rings. The second-order valence-electron chi connectivity index (χ2n) is 5.72. The van der Waals surface area contributed by atoms with Crippen molar-refractivity contribution in [3.63, 3.8) is 0 Å². The van der Waals surface area contributed by atoms with E-state index in [9.17, 15) is 9.90 Å². The Morgan fingerprint density at radius 3 is 2.64 bits per heavy atom. The fourth-order valence-electron chi connectivity index (χ4n) is 2.65. The van der Waals surface area contributed by atoms with E-state index in [1.165, 1.54) is 13.2 Å². The molecule has 1 aromatic heterocycles. The lowest BCUT2D eigenvalue weighted by Crippen LogP contribution is -2.05. The normalized spacial score (nSPS) is 10.6. The number of rotatable bonds is 6. The molecule has 0 bridgehead atoms. The van der Waals surface area contributed by atoms with E-state index < -0.39 is 0 Å². The Bertz CT molecular complexity index is 888. The molecular weight excluding hydrogens is 318 g/mol. The van der Waals surface area contributed by atoms with Crippen LogP contribution in [0, 0.1) is 6.92 Å². The highest BCUT2D eigenvalue weighted by Crippen LogP contribution is 2.34. The topological polar surface area (TPSA) is 88.1 Å². The summed E-state index contributed by atoms with van der Waals surface area (Å²) < 4.78 is 5.15. The minimum atomic E-state index is -0.0840. The number of aromatic amines is 1. The van der Waals surface area contributed by atoms with E-state index in [0.29, 0.717) is 35.6 Å². The molecule has 1 heterocycles. The van der Waals surface area contributed by atoms with Crippen LogP contribution in [0.15, 0.2) is 42.5 Å². The van der Waals surface area contributed by atoms with E-state index in [-0.39, 0.29) is 17.3 Å². The second kappa shape index (κ2) is 7.17. The lowest BCUT2D eigenvalue weighted by molar-refractivity contribution is 0.0983. The monoisotopic (exact) mass is 337 g/mol. The molecule has 0 atom stereocenters. The van der Waals surface area contributed by atoms with Gasteiger partial charge < -0.3 is 9.84 Å². The Kier molecular flexibility index (Phi) is 4.79. The largest absolute Gasteiger partial charge is 0.504 e. The number of aromatic nitrogens is 3. The predicted molar refractivity (Wildman–Crippen MR) is 93.9 cm³/mol. The number of methoxy groups -OCH3 is 1. The minimum Gasteiger partial charge on any atom is -0.504 e. The van der Waals surface area contributed by atoms with Crippen LogP contribution in [-0.2, 0) is 6.42 Å². The number of nitrogens with zero attached hydrogens (tertiary/aromatic N) is 2. The average Bonchev–Trinajstić information content (AvgIpc) is 3.06. The van der Waals surface area contributed by atoms with Crippen molar-refractivity contribution >= 4 is 5.78 Å². The third-order valence-corrected chi connectivity index (χ3v) is 3.94. The van der Waals surface area contributed by atoms with Crippen LogP contribution in [0.1, 0.15) is 28.2 Å². The number of phenols is 1. The number of H-pyrrole nitrogens is 1. The molecule has 3 rings (SSSR count). The summed E-state index contributed by atoms with van der Waals surface area (Å²) in [6.07, 6.45) is 0.950. The number of benzene rings is 2. The number of aromatic hydroxyl groups is 1. The third-order valence-electron chi connectivity index (χ3n) is 3.94. The molecule has 0 aliphatic carbocycles. The first-order valence-electron chi connectivity index (χ1n) is 7.96. The molecule has 0 unspecified atom stereocenters. The number of hydrogen-bond acceptors (Lipinski definition) is 5. The lowest BCUT2D eigenvalue weighted by Gasteiger charge is -2.10. The molecule has 0 amide bonds. The van der Waals surface area contributed by atoms with Gasteiger partial charge in [-0.15, -0.1) is 0 Å². The fourth-order valence-corrected chi connectivity index (χ4v) is 2.65. The first-order chi connectivity index (χ1) is 12.1. The van der Waals surface area contributed by atoms with E-state index in [1.807, 2.05) is 30.3 Å². The summed E-state index contributed by atoms with van der Waals surface area (Å²) in [6.45, 7) is 1.78. The molecule has 0 saturated heterocycles. The van der Waals surface area contributed by atoms with Gasteiger partial charge in [0.05, 0.1) is 7.11 Å². The Morgan fingerprint density at radius 2 is 2.00 bits per heavy atom. The number of ether oxygens (including phenoxy) is 1. The number of hydrogen-bond donors (Lipinski definition) is 2. The predicted octanol–water partition coefficient (Wildman–Crippen LogP) is 3.31. The van der Waals surface area contributed by atoms with E-state index >= 15 is 0 Å². The van der Waals surface area contributed by atoms with Gasteiger partial charge in [-0.2, -0.15) is 5.10 Å². The highest BCUT2D eigenvalue weighted by Gasteiger charge is 2.19. The molecule has 25 heavy (non-hydrogen) atoms. The molecule has 128 valence electrons. The quantitative estimate of drug-likeness (QED) is 0.674. The van der Waals surface area contributed by atoms with Gasteiger partial charge in [0.25, 0.3) is 0 Å². The van der Waals surface area contributed by atoms with Crippen LogP contribution in [-0.4, -0.2) is 33.2 Å². The van der Waals surface area contributed by atoms with Gasteiger partial charge in [0, 0.05) is 17.5 Å². The van der Waals surface area contributed by atoms with E-state index in [2.05, 4.69) is 15.2 Å². The van der Waals surface area contributed by atoms with Gasteiger partial charge in [0.1, 0.15) is 5.82 Å². The molecule has 0 spiro atoms. The van der Waals surface area contributed by atoms with Crippen LogP contribution in [0.4, 0.5) is 0 Å². The van der Waals surface area contributed by atoms with Crippen LogP contribution in [0.25, 0.3) is 11.4 Å². The standard InChI is InChI=1S/C19H19N3O3/c1-12-20-19(22-21-12)15-11-18(25-2)17(24)10-14(15)16(23)9-8-13-6-4-3-5-7-13/h3-7,10-11,24H,8-9H2,1-2H3,(H,20,21,22). The number of carbonyl (C=O) groups excluding carboxylic acids is 1. The van der Waals surface area contributed by atoms with E-state index in [4.69, 9.17) is 4.74 Å². The van der Waals surface area contributed by atoms with Gasteiger partial charge in [-0.25, -0.2) is 4.98 Å². The maximum Gasteiger partial charge on any atom is 0.181 e. The number of ketones is 1. The molecular formula is C19H19N3O3. The average molecular weight is 337 g/mol. The van der Waals surface area contributed by atoms with Crippen molar-refractivity contribution in [1.82, 2.24) is 15.2 Å². The summed E-state index contributed by atoms with van der Waals surface area (Å²) >= 11 is 0. The number of nitrogens with one attached hydrogen (secondary N) is 1. The van der Waals surface area contributed by atoms with E-state index in [1.54, 1.807) is 13.0 Å². The van der Waals surface area contributed by atoms with Crippen LogP contribution in [0.5, 0.6) is 11.5 Å². The summed E-state index contributed by atoms with van der Waals surface area (Å²) in [6, 6.07) is 12.8. The molecule has 6 nitrogen and oxygen atoms in total. The minimum absolute atomic E-state index is 0.0819. The maximum atomic E-state index is 12.8. The summed E-state index contributed by atoms with van der Waals surface area (Å²) in [4.78, 5) is 17.0. The Hall–Kier alpha value is -3.15. The summed E-state index contributed by atoms with van der Waals surface area (Å²) in [7, 11) is 1.46. The zero-order valence-electron chi connectivity index (χ0n) is 14.1. The fraction of sp³-hybridized carbons (Fsp3) is 0.211. The van der Waals surface area contributed by atoms with E-state index in [0.717, 1.165) is 5.56 Å². The number of phenolic OH excluding ortho intramolecular Hbond substituents is 1. The molecule has 3 aromatic rings. The number of Topliss-reactive ketones (excluding diaryl/α,β-unsaturated/α-hetero) is 1. The van der Waals surface area contributed by atoms with Crippen LogP contribution >= 0.6 is 0 Å². The highest BCUT2D eigenvalue weighted by molar-refractivity contribution is 6.02. The van der Waals surface area contributed by atoms with Gasteiger partial charge in [0.15, 0.2) is 23.1 Å². The van der Waals surface area contributed by atoms with Crippen LogP contribution < -0.4 is 4.74 Å². The zero-order valence-corrected chi connectivity index (χ0v) is 14.1. The van der Waals surface area contributed by atoms with Crippen LogP contribution in [0.2, 0.25) is 0 Å². The first kappa shape index (κ1) is 16.7. The highest BCUT2D eigenvalue weighted by atomic mass is 16.5. The van der Waals surface area contributed by atoms with Crippen molar-refractivity contribution in [3.8, 4) is 22.9 Å². The lowest BCUT2D eigenvalue weighted by atomic mass is 9.97. The van der Waals surface area contributed by atoms with Gasteiger partial charge in [-0.05, 0) is 31.0 Å². The van der Waals surface area contributed by atoms with Crippen molar-refractivity contribution in [2.75, 3.05) is 7.11 Å². The number of aryl methyl sites for hydroxylation is 2. The summed E-state index contributed by atoms with van der Waals surface area (Å²) in [5, 5.41) is 17.0. The van der Waals surface area contributed by atoms with Gasteiger partial charge in [-0.1, -0.05) is 30.3 Å². The van der Waals surface area contributed by atoms with Crippen molar-refractivity contribution in [1.29, 1.82) is 0 Å². The van der Waals surface area contributed by atoms with Crippen molar-refractivity contribution in [2.24, 2.45) is 0 Å². The SMILES string of the molecule is COc1cc(-c2n[nH]c(C)n2)c(C(=O)CCc2ccccc2)cc1O. The Labute approximate surface area is 145 Å². The molecule has 0 radical (unpaired) electrons. The van der Waals surface area contributed by atoms with Gasteiger partial charge >= 0.3 is 0 Å². The smallest absolute Gasteiger partial charge is 0.181 e. The molecule has 6 heteroatoms. The first-order valence-corrected chi connectivity index (χ1v) is 7.96. The second-order valence-corrected chi connectivity index (χ2v) is 5.72. The summed E-state index contributed by atoms with van der Waals surface area (Å²) in [5.41, 5.74) is 2.01. The van der Waals surface area contributed by atoms with Crippen LogP contribution in [0.3, 0.4) is 0 Å². The van der Waals surface area contributed by atoms with Gasteiger partial charge in [0.2, 0.25) is 0 Å². The van der Waals surface area contributed by atoms with Crippen molar-refractivity contribution in [2.45, 2.75) is 19.8 Å². The number of carbonyl (C=O) groups is 1.